The predicted molar refractivity (Wildman–Crippen MR) is 83.9 cm³/mol. The van der Waals surface area contributed by atoms with E-state index in [0.717, 1.165) is 6.42 Å². The van der Waals surface area contributed by atoms with Crippen LogP contribution in [-0.4, -0.2) is 30.9 Å². The van der Waals surface area contributed by atoms with Crippen molar-refractivity contribution >= 4 is 23.5 Å². The van der Waals surface area contributed by atoms with Crippen molar-refractivity contribution in [2.75, 3.05) is 12.4 Å². The third kappa shape index (κ3) is 4.87. The maximum Gasteiger partial charge on any atom is 0.328 e. The normalized spacial score (nSPS) is 12.9. The number of Topliss-reactive ketones (excluding diaryl/α,β-unsaturated/α-hetero) is 1. The van der Waals surface area contributed by atoms with E-state index in [1.807, 2.05) is 13.8 Å². The Morgan fingerprint density at radius 1 is 1.27 bits per heavy atom. The summed E-state index contributed by atoms with van der Waals surface area (Å²) in [5.74, 6) is -0.625. The third-order valence-electron chi connectivity index (χ3n) is 3.48. The molecule has 6 heteroatoms. The number of urea groups is 1. The van der Waals surface area contributed by atoms with Crippen molar-refractivity contribution in [1.29, 1.82) is 0 Å². The van der Waals surface area contributed by atoms with Crippen LogP contribution in [0.4, 0.5) is 10.5 Å². The molecule has 0 radical (unpaired) electrons. The summed E-state index contributed by atoms with van der Waals surface area (Å²) in [6.45, 7) is 5.24. The van der Waals surface area contributed by atoms with Crippen LogP contribution in [0, 0.1) is 5.92 Å². The number of nitrogens with one attached hydrogen (secondary N) is 2. The Labute approximate surface area is 130 Å². The molecule has 0 unspecified atom stereocenters. The van der Waals surface area contributed by atoms with Gasteiger partial charge in [-0.3, -0.25) is 4.79 Å². The largest absolute Gasteiger partial charge is 0.467 e. The quantitative estimate of drug-likeness (QED) is 0.625. The van der Waals surface area contributed by atoms with Crippen molar-refractivity contribution in [3.8, 4) is 0 Å². The molecule has 2 atom stereocenters. The molecule has 0 fully saturated rings. The van der Waals surface area contributed by atoms with Gasteiger partial charge in [-0.05, 0) is 25.0 Å². The summed E-state index contributed by atoms with van der Waals surface area (Å²) in [5.41, 5.74) is 0.988. The van der Waals surface area contributed by atoms with Gasteiger partial charge in [-0.25, -0.2) is 9.59 Å². The maximum absolute atomic E-state index is 12.0. The van der Waals surface area contributed by atoms with Gasteiger partial charge in [0, 0.05) is 11.3 Å². The van der Waals surface area contributed by atoms with Crippen LogP contribution in [0.15, 0.2) is 24.3 Å². The fraction of sp³-hybridized carbons (Fsp3) is 0.438. The van der Waals surface area contributed by atoms with E-state index in [0.29, 0.717) is 11.3 Å². The van der Waals surface area contributed by atoms with E-state index in [1.54, 1.807) is 24.3 Å². The molecule has 0 aromatic heterocycles. The molecule has 22 heavy (non-hydrogen) atoms. The molecular weight excluding hydrogens is 284 g/mol. The molecule has 1 aromatic carbocycles. The Balaban J connectivity index is 2.77. The van der Waals surface area contributed by atoms with Crippen molar-refractivity contribution in [2.24, 2.45) is 5.92 Å². The average Bonchev–Trinajstić information content (AvgIpc) is 2.51. The van der Waals surface area contributed by atoms with E-state index in [-0.39, 0.29) is 11.7 Å². The zero-order valence-electron chi connectivity index (χ0n) is 13.3. The van der Waals surface area contributed by atoms with Crippen molar-refractivity contribution in [2.45, 2.75) is 33.2 Å². The van der Waals surface area contributed by atoms with Crippen molar-refractivity contribution < 1.29 is 19.1 Å². The number of benzene rings is 1. The first-order chi connectivity index (χ1) is 10.4. The van der Waals surface area contributed by atoms with Crippen molar-refractivity contribution in [1.82, 2.24) is 5.32 Å². The van der Waals surface area contributed by atoms with Crippen LogP contribution in [0.3, 0.4) is 0 Å². The second kappa shape index (κ2) is 8.17. The fourth-order valence-electron chi connectivity index (χ4n) is 1.92. The Kier molecular flexibility index (Phi) is 6.56. The van der Waals surface area contributed by atoms with Crippen LogP contribution in [-0.2, 0) is 9.53 Å². The fourth-order valence-corrected chi connectivity index (χ4v) is 1.92. The van der Waals surface area contributed by atoms with Crippen LogP contribution in [0.1, 0.15) is 37.6 Å². The Morgan fingerprint density at radius 2 is 1.95 bits per heavy atom. The van der Waals surface area contributed by atoms with Gasteiger partial charge in [0.25, 0.3) is 0 Å². The number of carbonyl (C=O) groups excluding carboxylic acids is 3. The lowest BCUT2D eigenvalue weighted by Gasteiger charge is -2.22. The lowest BCUT2D eigenvalue weighted by molar-refractivity contribution is -0.144. The summed E-state index contributed by atoms with van der Waals surface area (Å²) in [7, 11) is 1.29. The minimum absolute atomic E-state index is 0.0539. The van der Waals surface area contributed by atoms with Gasteiger partial charge in [-0.1, -0.05) is 32.4 Å². The van der Waals surface area contributed by atoms with Crippen LogP contribution >= 0.6 is 0 Å². The molecular formula is C16H22N2O4. The van der Waals surface area contributed by atoms with E-state index < -0.39 is 18.0 Å². The maximum atomic E-state index is 12.0. The van der Waals surface area contributed by atoms with Crippen LogP contribution in [0.2, 0.25) is 0 Å². The number of hydrogen-bond acceptors (Lipinski definition) is 4. The van der Waals surface area contributed by atoms with Gasteiger partial charge in [-0.15, -0.1) is 0 Å². The lowest BCUT2D eigenvalue weighted by Crippen LogP contribution is -2.47. The second-order valence-electron chi connectivity index (χ2n) is 5.12. The molecule has 0 aliphatic heterocycles. The first-order valence-electron chi connectivity index (χ1n) is 7.15. The highest BCUT2D eigenvalue weighted by atomic mass is 16.5. The van der Waals surface area contributed by atoms with Crippen LogP contribution in [0.25, 0.3) is 0 Å². The summed E-state index contributed by atoms with van der Waals surface area (Å²) in [6, 6.07) is 5.36. The molecule has 1 rings (SSSR count). The summed E-state index contributed by atoms with van der Waals surface area (Å²) >= 11 is 0. The smallest absolute Gasteiger partial charge is 0.328 e. The molecule has 0 spiro atoms. The number of ether oxygens (including phenoxy) is 1. The molecule has 0 bridgehead atoms. The minimum Gasteiger partial charge on any atom is -0.467 e. The van der Waals surface area contributed by atoms with Gasteiger partial charge in [0.2, 0.25) is 0 Å². The number of esters is 1. The predicted octanol–water partition coefficient (Wildman–Crippen LogP) is 2.60. The summed E-state index contributed by atoms with van der Waals surface area (Å²) in [6.07, 6.45) is 0.722. The lowest BCUT2D eigenvalue weighted by atomic mass is 9.99. The average molecular weight is 306 g/mol. The van der Waals surface area contributed by atoms with Crippen LogP contribution < -0.4 is 10.6 Å². The van der Waals surface area contributed by atoms with Gasteiger partial charge >= 0.3 is 12.0 Å². The monoisotopic (exact) mass is 306 g/mol. The molecule has 0 heterocycles. The number of amides is 2. The van der Waals surface area contributed by atoms with Gasteiger partial charge in [0.15, 0.2) is 5.78 Å². The summed E-state index contributed by atoms with van der Waals surface area (Å²) in [5, 5.41) is 5.22. The second-order valence-corrected chi connectivity index (χ2v) is 5.12. The minimum atomic E-state index is -0.717. The van der Waals surface area contributed by atoms with Crippen molar-refractivity contribution in [3.63, 3.8) is 0 Å². The molecule has 0 aliphatic rings. The third-order valence-corrected chi connectivity index (χ3v) is 3.48. The summed E-state index contributed by atoms with van der Waals surface area (Å²) in [4.78, 5) is 35.1. The number of ketones is 1. The molecule has 0 aliphatic carbocycles. The van der Waals surface area contributed by atoms with Gasteiger partial charge in [0.1, 0.15) is 6.04 Å². The molecule has 120 valence electrons. The highest BCUT2D eigenvalue weighted by Crippen LogP contribution is 2.13. The molecule has 2 N–H and O–H groups in total. The number of rotatable bonds is 6. The number of hydrogen-bond donors (Lipinski definition) is 2. The standard InChI is InChI=1S/C16H22N2O4/c1-5-10(2)14(15(20)22-4)18-16(21)17-13-8-6-7-12(9-13)11(3)19/h6-10,14H,5H2,1-4H3,(H2,17,18,21)/t10-,14+/m0/s1. The van der Waals surface area contributed by atoms with Crippen LogP contribution in [0.5, 0.6) is 0 Å². The van der Waals surface area contributed by atoms with Gasteiger partial charge in [0.05, 0.1) is 7.11 Å². The Hall–Kier alpha value is -2.37. The first kappa shape index (κ1) is 17.7. The number of anilines is 1. The molecule has 0 saturated carbocycles. The summed E-state index contributed by atoms with van der Waals surface area (Å²) < 4.78 is 4.71. The van der Waals surface area contributed by atoms with E-state index in [2.05, 4.69) is 10.6 Å². The molecule has 0 saturated heterocycles. The van der Waals surface area contributed by atoms with Gasteiger partial charge in [-0.2, -0.15) is 0 Å². The molecule has 1 aromatic rings. The highest BCUT2D eigenvalue weighted by molar-refractivity contribution is 5.97. The number of carbonyl (C=O) groups is 3. The van der Waals surface area contributed by atoms with E-state index in [1.165, 1.54) is 14.0 Å². The van der Waals surface area contributed by atoms with E-state index in [4.69, 9.17) is 4.74 Å². The Morgan fingerprint density at radius 3 is 2.50 bits per heavy atom. The zero-order chi connectivity index (χ0) is 16.7. The van der Waals surface area contributed by atoms with Gasteiger partial charge < -0.3 is 15.4 Å². The van der Waals surface area contributed by atoms with E-state index in [9.17, 15) is 14.4 Å². The Bertz CT molecular complexity index is 557. The molecule has 6 nitrogen and oxygen atoms in total. The first-order valence-corrected chi connectivity index (χ1v) is 7.15. The zero-order valence-corrected chi connectivity index (χ0v) is 13.3. The van der Waals surface area contributed by atoms with E-state index >= 15 is 0 Å². The highest BCUT2D eigenvalue weighted by Gasteiger charge is 2.26. The topological polar surface area (TPSA) is 84.5 Å². The number of methoxy groups -OCH3 is 1. The van der Waals surface area contributed by atoms with Crippen molar-refractivity contribution in [3.05, 3.63) is 29.8 Å². The SMILES string of the molecule is CC[C@H](C)[C@@H](NC(=O)Nc1cccc(C(C)=O)c1)C(=O)OC. The molecule has 2 amide bonds.